The van der Waals surface area contributed by atoms with E-state index < -0.39 is 0 Å². The van der Waals surface area contributed by atoms with Crippen LogP contribution in [0.15, 0.2) is 24.3 Å². The average molecular weight is 195 g/mol. The first-order chi connectivity index (χ1) is 6.69. The summed E-state index contributed by atoms with van der Waals surface area (Å²) >= 11 is 0. The largest absolute Gasteiger partial charge is 0.497 e. The van der Waals surface area contributed by atoms with Crippen molar-refractivity contribution in [3.8, 4) is 5.75 Å². The Labute approximate surface area is 85.2 Å². The van der Waals surface area contributed by atoms with E-state index in [0.29, 0.717) is 0 Å². The molecule has 0 aromatic heterocycles. The van der Waals surface area contributed by atoms with Crippen LogP contribution in [0, 0.1) is 0 Å². The summed E-state index contributed by atoms with van der Waals surface area (Å²) in [5, 5.41) is 0. The monoisotopic (exact) mass is 195 g/mol. The van der Waals surface area contributed by atoms with Crippen LogP contribution in [-0.4, -0.2) is 27.5 Å². The molecule has 78 valence electrons. The van der Waals surface area contributed by atoms with Gasteiger partial charge in [0.25, 0.3) is 0 Å². The number of benzene rings is 1. The standard InChI is InChI=1S/C11H17NO2/c1-9(13-3)12(2)10-6-5-7-11(8-10)14-4/h5-9H,1-4H3. The summed E-state index contributed by atoms with van der Waals surface area (Å²) in [6.07, 6.45) is 0.0575. The van der Waals surface area contributed by atoms with Crippen LogP contribution in [0.25, 0.3) is 0 Å². The molecule has 1 aromatic rings. The molecule has 1 aromatic carbocycles. The molecular formula is C11H17NO2. The molecule has 0 saturated carbocycles. The third kappa shape index (κ3) is 2.39. The minimum Gasteiger partial charge on any atom is -0.497 e. The molecule has 1 unspecified atom stereocenters. The Morgan fingerprint density at radius 3 is 2.57 bits per heavy atom. The SMILES string of the molecule is COc1cccc(N(C)C(C)OC)c1. The van der Waals surface area contributed by atoms with Gasteiger partial charge in [0.2, 0.25) is 0 Å². The van der Waals surface area contributed by atoms with Crippen molar-refractivity contribution in [2.75, 3.05) is 26.2 Å². The Morgan fingerprint density at radius 1 is 1.29 bits per heavy atom. The second kappa shape index (κ2) is 4.86. The lowest BCUT2D eigenvalue weighted by molar-refractivity contribution is 0.119. The number of nitrogens with zero attached hydrogens (tertiary/aromatic N) is 1. The molecular weight excluding hydrogens is 178 g/mol. The van der Waals surface area contributed by atoms with Crippen molar-refractivity contribution < 1.29 is 9.47 Å². The summed E-state index contributed by atoms with van der Waals surface area (Å²) in [6, 6.07) is 7.90. The van der Waals surface area contributed by atoms with E-state index in [2.05, 4.69) is 0 Å². The van der Waals surface area contributed by atoms with E-state index in [1.807, 2.05) is 43.1 Å². The van der Waals surface area contributed by atoms with Gasteiger partial charge in [-0.15, -0.1) is 0 Å². The van der Waals surface area contributed by atoms with Crippen LogP contribution in [0.2, 0.25) is 0 Å². The summed E-state index contributed by atoms with van der Waals surface area (Å²) in [5.41, 5.74) is 1.08. The maximum Gasteiger partial charge on any atom is 0.126 e. The molecule has 1 rings (SSSR count). The smallest absolute Gasteiger partial charge is 0.126 e. The predicted molar refractivity (Wildman–Crippen MR) is 57.9 cm³/mol. The van der Waals surface area contributed by atoms with Crippen LogP contribution < -0.4 is 9.64 Å². The minimum absolute atomic E-state index is 0.0575. The van der Waals surface area contributed by atoms with E-state index >= 15 is 0 Å². The maximum absolute atomic E-state index is 5.22. The molecule has 0 aliphatic carbocycles. The summed E-state index contributed by atoms with van der Waals surface area (Å²) in [5.74, 6) is 0.859. The van der Waals surface area contributed by atoms with E-state index in [9.17, 15) is 0 Å². The highest BCUT2D eigenvalue weighted by molar-refractivity contribution is 5.50. The predicted octanol–water partition coefficient (Wildman–Crippen LogP) is 2.12. The fourth-order valence-corrected chi connectivity index (χ4v) is 1.20. The van der Waals surface area contributed by atoms with Gasteiger partial charge in [-0.3, -0.25) is 0 Å². The van der Waals surface area contributed by atoms with Crippen molar-refractivity contribution in [3.05, 3.63) is 24.3 Å². The first-order valence-electron chi connectivity index (χ1n) is 4.58. The summed E-state index contributed by atoms with van der Waals surface area (Å²) in [7, 11) is 5.35. The third-order valence-electron chi connectivity index (χ3n) is 2.35. The molecule has 0 aliphatic heterocycles. The highest BCUT2D eigenvalue weighted by Crippen LogP contribution is 2.21. The fraction of sp³-hybridized carbons (Fsp3) is 0.455. The average Bonchev–Trinajstić information content (AvgIpc) is 2.27. The molecule has 0 fully saturated rings. The Bertz CT molecular complexity index is 288. The first-order valence-corrected chi connectivity index (χ1v) is 4.58. The van der Waals surface area contributed by atoms with E-state index in [4.69, 9.17) is 9.47 Å². The summed E-state index contributed by atoms with van der Waals surface area (Å²) in [4.78, 5) is 2.04. The number of anilines is 1. The van der Waals surface area contributed by atoms with Crippen LogP contribution in [0.1, 0.15) is 6.92 Å². The molecule has 0 aliphatic rings. The van der Waals surface area contributed by atoms with Crippen molar-refractivity contribution >= 4 is 5.69 Å². The van der Waals surface area contributed by atoms with Crippen molar-refractivity contribution in [2.24, 2.45) is 0 Å². The van der Waals surface area contributed by atoms with Crippen LogP contribution in [0.5, 0.6) is 5.75 Å². The molecule has 0 radical (unpaired) electrons. The zero-order valence-corrected chi connectivity index (χ0v) is 9.15. The summed E-state index contributed by atoms with van der Waals surface area (Å²) < 4.78 is 10.4. The molecule has 0 heterocycles. The number of ether oxygens (including phenoxy) is 2. The Hall–Kier alpha value is -1.22. The van der Waals surface area contributed by atoms with Crippen LogP contribution >= 0.6 is 0 Å². The molecule has 0 amide bonds. The van der Waals surface area contributed by atoms with Gasteiger partial charge in [-0.05, 0) is 19.1 Å². The third-order valence-corrected chi connectivity index (χ3v) is 2.35. The van der Waals surface area contributed by atoms with Crippen molar-refractivity contribution in [1.82, 2.24) is 0 Å². The van der Waals surface area contributed by atoms with Gasteiger partial charge in [0, 0.05) is 25.9 Å². The molecule has 0 N–H and O–H groups in total. The maximum atomic E-state index is 5.22. The number of hydrogen-bond acceptors (Lipinski definition) is 3. The highest BCUT2D eigenvalue weighted by Gasteiger charge is 2.08. The van der Waals surface area contributed by atoms with Crippen LogP contribution in [0.4, 0.5) is 5.69 Å². The van der Waals surface area contributed by atoms with E-state index in [1.54, 1.807) is 14.2 Å². The lowest BCUT2D eigenvalue weighted by atomic mass is 10.3. The highest BCUT2D eigenvalue weighted by atomic mass is 16.5. The summed E-state index contributed by atoms with van der Waals surface area (Å²) in [6.45, 7) is 2.00. The normalized spacial score (nSPS) is 12.3. The van der Waals surface area contributed by atoms with Gasteiger partial charge >= 0.3 is 0 Å². The molecule has 14 heavy (non-hydrogen) atoms. The lowest BCUT2D eigenvalue weighted by Gasteiger charge is -2.25. The molecule has 3 heteroatoms. The van der Waals surface area contributed by atoms with Crippen LogP contribution in [0.3, 0.4) is 0 Å². The Balaban J connectivity index is 2.83. The van der Waals surface area contributed by atoms with Crippen molar-refractivity contribution in [1.29, 1.82) is 0 Å². The second-order valence-corrected chi connectivity index (χ2v) is 3.15. The van der Waals surface area contributed by atoms with Gasteiger partial charge in [0.05, 0.1) is 7.11 Å². The molecule has 3 nitrogen and oxygen atoms in total. The quantitative estimate of drug-likeness (QED) is 0.687. The van der Waals surface area contributed by atoms with Gasteiger partial charge in [-0.2, -0.15) is 0 Å². The van der Waals surface area contributed by atoms with E-state index in [-0.39, 0.29) is 6.23 Å². The van der Waals surface area contributed by atoms with Gasteiger partial charge in [0.1, 0.15) is 12.0 Å². The number of hydrogen-bond donors (Lipinski definition) is 0. The number of methoxy groups -OCH3 is 2. The molecule has 0 saturated heterocycles. The van der Waals surface area contributed by atoms with Gasteiger partial charge in [-0.1, -0.05) is 6.07 Å². The fourth-order valence-electron chi connectivity index (χ4n) is 1.20. The first kappa shape index (κ1) is 10.9. The van der Waals surface area contributed by atoms with Crippen molar-refractivity contribution in [3.63, 3.8) is 0 Å². The topological polar surface area (TPSA) is 21.7 Å². The Morgan fingerprint density at radius 2 is 2.00 bits per heavy atom. The zero-order valence-electron chi connectivity index (χ0n) is 9.15. The van der Waals surface area contributed by atoms with Crippen molar-refractivity contribution in [2.45, 2.75) is 13.2 Å². The van der Waals surface area contributed by atoms with Gasteiger partial charge in [-0.25, -0.2) is 0 Å². The molecule has 0 spiro atoms. The van der Waals surface area contributed by atoms with E-state index in [1.165, 1.54) is 0 Å². The molecule has 0 bridgehead atoms. The van der Waals surface area contributed by atoms with Gasteiger partial charge < -0.3 is 14.4 Å². The number of rotatable bonds is 4. The minimum atomic E-state index is 0.0575. The lowest BCUT2D eigenvalue weighted by Crippen LogP contribution is -2.30. The second-order valence-electron chi connectivity index (χ2n) is 3.15. The molecule has 1 atom stereocenters. The zero-order chi connectivity index (χ0) is 10.6. The van der Waals surface area contributed by atoms with E-state index in [0.717, 1.165) is 11.4 Å². The van der Waals surface area contributed by atoms with Gasteiger partial charge in [0.15, 0.2) is 0 Å². The Kier molecular flexibility index (Phi) is 3.77. The van der Waals surface area contributed by atoms with Crippen LogP contribution in [-0.2, 0) is 4.74 Å².